The van der Waals surface area contributed by atoms with E-state index in [9.17, 15) is 14.4 Å². The zero-order valence-corrected chi connectivity index (χ0v) is 50.4. The molecule has 6 heteroatoms. The summed E-state index contributed by atoms with van der Waals surface area (Å²) < 4.78 is 16.9. The van der Waals surface area contributed by atoms with Crippen molar-refractivity contribution < 1.29 is 28.6 Å². The second kappa shape index (κ2) is 64.6. The standard InChI is InChI=1S/C71H120O6/c1-4-7-10-13-16-19-22-25-28-31-32-33-34-35-36-37-38-41-43-46-49-52-55-58-61-64-70(73)76-67-68(77-71(74)65-62-59-56-53-50-47-44-40-30-27-24-21-18-15-12-9-6-3)66-75-69(72)63-60-57-54-51-48-45-42-39-29-26-23-20-17-14-11-8-5-2/h7,9-10,12,16,18-19,21,25,27-28,30,32-33,35-36,44,47,68H,4-6,8,11,13-15,17,20,22-24,26,29,31,34,37-43,45-46,48-67H2,1-3H3/b10-7-,12-9-,19-16-,21-18-,28-25-,30-27-,33-32-,36-35-,47-44-. The highest BCUT2D eigenvalue weighted by Gasteiger charge is 2.19. The molecule has 77 heavy (non-hydrogen) atoms. The Morgan fingerprint density at radius 2 is 0.506 bits per heavy atom. The molecule has 0 spiro atoms. The fourth-order valence-corrected chi connectivity index (χ4v) is 8.99. The average Bonchev–Trinajstić information content (AvgIpc) is 3.43. The van der Waals surface area contributed by atoms with Crippen molar-refractivity contribution in [3.05, 3.63) is 109 Å². The molecule has 0 heterocycles. The van der Waals surface area contributed by atoms with Crippen LogP contribution in [0.1, 0.15) is 303 Å². The maximum atomic E-state index is 12.9. The SMILES string of the molecule is CC/C=C\C/C=C\C/C=C\C/C=C\C/C=C\CCCCCCCCCCCC(=O)OCC(COC(=O)CCCCCCCCCCCCCCCCCCC)OC(=O)CCCCCC/C=C\C/C=C\C/C=C\C/C=C\CC. The second-order valence-electron chi connectivity index (χ2n) is 21.3. The molecule has 1 atom stereocenters. The highest BCUT2D eigenvalue weighted by Crippen LogP contribution is 2.16. The molecule has 0 aromatic rings. The minimum atomic E-state index is -0.795. The fraction of sp³-hybridized carbons (Fsp3) is 0.704. The van der Waals surface area contributed by atoms with Gasteiger partial charge >= 0.3 is 17.9 Å². The smallest absolute Gasteiger partial charge is 0.306 e. The summed E-state index contributed by atoms with van der Waals surface area (Å²) in [7, 11) is 0. The molecule has 0 rings (SSSR count). The third-order valence-electron chi connectivity index (χ3n) is 13.8. The molecule has 0 aliphatic carbocycles. The largest absolute Gasteiger partial charge is 0.462 e. The molecule has 0 saturated heterocycles. The van der Waals surface area contributed by atoms with Gasteiger partial charge in [0.1, 0.15) is 13.2 Å². The van der Waals surface area contributed by atoms with Crippen LogP contribution in [-0.4, -0.2) is 37.2 Å². The molecule has 0 N–H and O–H groups in total. The van der Waals surface area contributed by atoms with Gasteiger partial charge in [-0.25, -0.2) is 0 Å². The first-order valence-corrected chi connectivity index (χ1v) is 32.4. The summed E-state index contributed by atoms with van der Waals surface area (Å²) in [5.41, 5.74) is 0. The van der Waals surface area contributed by atoms with Crippen LogP contribution in [0.2, 0.25) is 0 Å². The van der Waals surface area contributed by atoms with E-state index in [1.165, 1.54) is 128 Å². The van der Waals surface area contributed by atoms with Crippen LogP contribution in [0.3, 0.4) is 0 Å². The Labute approximate surface area is 476 Å². The predicted octanol–water partition coefficient (Wildman–Crippen LogP) is 22.2. The number of allylic oxidation sites excluding steroid dienone is 18. The molecular weight excluding hydrogens is 949 g/mol. The third-order valence-corrected chi connectivity index (χ3v) is 13.8. The molecule has 0 saturated carbocycles. The Balaban J connectivity index is 4.39. The normalized spacial score (nSPS) is 12.8. The molecule has 0 aliphatic heterocycles. The van der Waals surface area contributed by atoms with Gasteiger partial charge in [0.15, 0.2) is 6.10 Å². The molecule has 0 bridgehead atoms. The summed E-state index contributed by atoms with van der Waals surface area (Å²) in [6, 6.07) is 0. The number of rotatable bonds is 58. The van der Waals surface area contributed by atoms with Crippen molar-refractivity contribution in [3.8, 4) is 0 Å². The Morgan fingerprint density at radius 1 is 0.273 bits per heavy atom. The van der Waals surface area contributed by atoms with Crippen LogP contribution in [0.5, 0.6) is 0 Å². The van der Waals surface area contributed by atoms with Gasteiger partial charge in [-0.05, 0) is 103 Å². The number of esters is 3. The van der Waals surface area contributed by atoms with Crippen molar-refractivity contribution in [2.75, 3.05) is 13.2 Å². The molecular formula is C71H120O6. The van der Waals surface area contributed by atoms with Crippen molar-refractivity contribution in [1.29, 1.82) is 0 Å². The summed E-state index contributed by atoms with van der Waals surface area (Å²) >= 11 is 0. The van der Waals surface area contributed by atoms with Crippen LogP contribution >= 0.6 is 0 Å². The van der Waals surface area contributed by atoms with Gasteiger partial charge in [0, 0.05) is 19.3 Å². The van der Waals surface area contributed by atoms with Gasteiger partial charge in [-0.3, -0.25) is 14.4 Å². The minimum Gasteiger partial charge on any atom is -0.462 e. The van der Waals surface area contributed by atoms with Gasteiger partial charge in [0.05, 0.1) is 0 Å². The molecule has 1 unspecified atom stereocenters. The molecule has 440 valence electrons. The summed E-state index contributed by atoms with van der Waals surface area (Å²) in [6.45, 7) is 6.42. The Kier molecular flexibility index (Phi) is 61.3. The maximum absolute atomic E-state index is 12.9. The number of hydrogen-bond acceptors (Lipinski definition) is 6. The van der Waals surface area contributed by atoms with Gasteiger partial charge in [0.2, 0.25) is 0 Å². The van der Waals surface area contributed by atoms with E-state index in [2.05, 4.69) is 130 Å². The van der Waals surface area contributed by atoms with Crippen molar-refractivity contribution in [2.45, 2.75) is 309 Å². The summed E-state index contributed by atoms with van der Waals surface area (Å²) in [6.07, 6.45) is 88.0. The number of carbonyl (C=O) groups is 3. The van der Waals surface area contributed by atoms with Gasteiger partial charge < -0.3 is 14.2 Å². The molecule has 6 nitrogen and oxygen atoms in total. The zero-order valence-electron chi connectivity index (χ0n) is 50.4. The van der Waals surface area contributed by atoms with Crippen LogP contribution in [-0.2, 0) is 28.6 Å². The van der Waals surface area contributed by atoms with Crippen molar-refractivity contribution in [2.24, 2.45) is 0 Å². The number of carbonyl (C=O) groups excluding carboxylic acids is 3. The van der Waals surface area contributed by atoms with Gasteiger partial charge in [-0.1, -0.05) is 291 Å². The molecule has 0 fully saturated rings. The van der Waals surface area contributed by atoms with E-state index in [-0.39, 0.29) is 31.1 Å². The van der Waals surface area contributed by atoms with Gasteiger partial charge in [-0.2, -0.15) is 0 Å². The van der Waals surface area contributed by atoms with Crippen LogP contribution < -0.4 is 0 Å². The lowest BCUT2D eigenvalue weighted by Crippen LogP contribution is -2.30. The summed E-state index contributed by atoms with van der Waals surface area (Å²) in [5, 5.41) is 0. The molecule has 0 aliphatic rings. The lowest BCUT2D eigenvalue weighted by molar-refractivity contribution is -0.167. The van der Waals surface area contributed by atoms with Crippen LogP contribution in [0.15, 0.2) is 109 Å². The van der Waals surface area contributed by atoms with Crippen molar-refractivity contribution >= 4 is 17.9 Å². The lowest BCUT2D eigenvalue weighted by atomic mass is 10.0. The van der Waals surface area contributed by atoms with E-state index >= 15 is 0 Å². The Hall–Kier alpha value is -3.93. The quantitative estimate of drug-likeness (QED) is 0.0261. The van der Waals surface area contributed by atoms with Crippen LogP contribution in [0.25, 0.3) is 0 Å². The lowest BCUT2D eigenvalue weighted by Gasteiger charge is -2.18. The van der Waals surface area contributed by atoms with E-state index in [4.69, 9.17) is 14.2 Å². The summed E-state index contributed by atoms with van der Waals surface area (Å²) in [5.74, 6) is -0.908. The predicted molar refractivity (Wildman–Crippen MR) is 334 cm³/mol. The number of hydrogen-bond donors (Lipinski definition) is 0. The number of unbranched alkanes of at least 4 members (excludes halogenated alkanes) is 29. The average molecular weight is 1070 g/mol. The van der Waals surface area contributed by atoms with Crippen LogP contribution in [0, 0.1) is 0 Å². The monoisotopic (exact) mass is 1070 g/mol. The fourth-order valence-electron chi connectivity index (χ4n) is 8.99. The van der Waals surface area contributed by atoms with Crippen LogP contribution in [0.4, 0.5) is 0 Å². The molecule has 0 aromatic heterocycles. The van der Waals surface area contributed by atoms with Gasteiger partial charge in [-0.15, -0.1) is 0 Å². The molecule has 0 radical (unpaired) electrons. The maximum Gasteiger partial charge on any atom is 0.306 e. The van der Waals surface area contributed by atoms with Crippen molar-refractivity contribution in [1.82, 2.24) is 0 Å². The topological polar surface area (TPSA) is 78.9 Å². The Morgan fingerprint density at radius 3 is 0.792 bits per heavy atom. The first-order chi connectivity index (χ1) is 38.0. The van der Waals surface area contributed by atoms with E-state index in [0.717, 1.165) is 135 Å². The highest BCUT2D eigenvalue weighted by atomic mass is 16.6. The van der Waals surface area contributed by atoms with Crippen molar-refractivity contribution in [3.63, 3.8) is 0 Å². The van der Waals surface area contributed by atoms with E-state index in [0.29, 0.717) is 19.3 Å². The number of ether oxygens (including phenoxy) is 3. The van der Waals surface area contributed by atoms with Gasteiger partial charge in [0.25, 0.3) is 0 Å². The molecule has 0 amide bonds. The summed E-state index contributed by atoms with van der Waals surface area (Å²) in [4.78, 5) is 38.4. The zero-order chi connectivity index (χ0) is 55.7. The van der Waals surface area contributed by atoms with E-state index in [1.807, 2.05) is 0 Å². The minimum absolute atomic E-state index is 0.0882. The first-order valence-electron chi connectivity index (χ1n) is 32.4. The first kappa shape index (κ1) is 73.1. The second-order valence-corrected chi connectivity index (χ2v) is 21.3. The van der Waals surface area contributed by atoms with E-state index in [1.54, 1.807) is 0 Å². The van der Waals surface area contributed by atoms with E-state index < -0.39 is 6.10 Å². The highest BCUT2D eigenvalue weighted by molar-refractivity contribution is 5.71. The Bertz CT molecular complexity index is 1560. The molecule has 0 aromatic carbocycles. The third kappa shape index (κ3) is 62.8.